The van der Waals surface area contributed by atoms with Gasteiger partial charge in [-0.05, 0) is 56.2 Å². The number of allylic oxidation sites excluding steroid dienone is 2. The molecular weight excluding hydrogens is 256 g/mol. The van der Waals surface area contributed by atoms with E-state index in [1.165, 1.54) is 22.2 Å². The topological polar surface area (TPSA) is 30.9 Å². The minimum atomic E-state index is 0.794. The molecule has 106 valence electrons. The number of nitrogens with zero attached hydrogens (tertiary/aromatic N) is 1. The van der Waals surface area contributed by atoms with E-state index in [2.05, 4.69) is 67.0 Å². The first-order valence-corrected chi connectivity index (χ1v) is 7.28. The van der Waals surface area contributed by atoms with E-state index < -0.39 is 0 Å². The summed E-state index contributed by atoms with van der Waals surface area (Å²) >= 11 is 0. The maximum atomic E-state index is 5.81. The fourth-order valence-electron chi connectivity index (χ4n) is 2.88. The van der Waals surface area contributed by atoms with Crippen molar-refractivity contribution >= 4 is 16.6 Å². The fourth-order valence-corrected chi connectivity index (χ4v) is 2.88. The Balaban J connectivity index is 2.27. The molecule has 0 saturated heterocycles. The van der Waals surface area contributed by atoms with Gasteiger partial charge in [-0.3, -0.25) is 0 Å². The molecule has 0 unspecified atom stereocenters. The Bertz CT molecular complexity index is 792. The minimum absolute atomic E-state index is 0.794. The molecule has 0 aliphatic heterocycles. The predicted octanol–water partition coefficient (Wildman–Crippen LogP) is 4.64. The summed E-state index contributed by atoms with van der Waals surface area (Å²) in [5, 5.41) is 1.32. The summed E-state index contributed by atoms with van der Waals surface area (Å²) in [6, 6.07) is 16.6. The van der Waals surface area contributed by atoms with Gasteiger partial charge in [0, 0.05) is 22.5 Å². The Morgan fingerprint density at radius 1 is 1.05 bits per heavy atom. The van der Waals surface area contributed by atoms with Gasteiger partial charge < -0.3 is 10.3 Å². The molecule has 0 bridgehead atoms. The summed E-state index contributed by atoms with van der Waals surface area (Å²) in [4.78, 5) is 0. The summed E-state index contributed by atoms with van der Waals surface area (Å²) in [5.41, 5.74) is 11.7. The van der Waals surface area contributed by atoms with Crippen molar-refractivity contribution in [2.24, 2.45) is 0 Å². The summed E-state index contributed by atoms with van der Waals surface area (Å²) in [6.07, 6.45) is 5.28. The van der Waals surface area contributed by atoms with E-state index in [1.807, 2.05) is 12.1 Å². The van der Waals surface area contributed by atoms with Crippen LogP contribution in [0.25, 0.3) is 16.6 Å². The Labute approximate surface area is 125 Å². The maximum Gasteiger partial charge on any atom is 0.0534 e. The van der Waals surface area contributed by atoms with E-state index in [0.717, 1.165) is 17.8 Å². The van der Waals surface area contributed by atoms with Crippen molar-refractivity contribution in [2.75, 3.05) is 5.73 Å². The quantitative estimate of drug-likeness (QED) is 0.548. The van der Waals surface area contributed by atoms with E-state index >= 15 is 0 Å². The lowest BCUT2D eigenvalue weighted by molar-refractivity contribution is 1.03. The maximum absolute atomic E-state index is 5.81. The molecule has 1 aromatic heterocycles. The van der Waals surface area contributed by atoms with Crippen molar-refractivity contribution in [1.29, 1.82) is 0 Å². The normalized spacial score (nSPS) is 11.5. The average molecular weight is 276 g/mol. The third-order valence-corrected chi connectivity index (χ3v) is 3.95. The van der Waals surface area contributed by atoms with Crippen LogP contribution in [0.3, 0.4) is 0 Å². The number of hydrogen-bond donors (Lipinski definition) is 1. The lowest BCUT2D eigenvalue weighted by Gasteiger charge is -2.09. The van der Waals surface area contributed by atoms with Crippen LogP contribution < -0.4 is 5.73 Å². The highest BCUT2D eigenvalue weighted by Crippen LogP contribution is 2.30. The van der Waals surface area contributed by atoms with Crippen LogP contribution in [0.2, 0.25) is 0 Å². The standard InChI is InChI=1S/C19H20N2/c1-3-4-7-17-14(2)21(16-12-10-15(20)11-13-16)19-9-6-5-8-18(17)19/h3-6,8-13H,7,20H2,1-2H3/b4-3-. The molecule has 0 atom stereocenters. The lowest BCUT2D eigenvalue weighted by Crippen LogP contribution is -1.97. The van der Waals surface area contributed by atoms with E-state index in [0.29, 0.717) is 0 Å². The van der Waals surface area contributed by atoms with Crippen LogP contribution in [-0.4, -0.2) is 4.57 Å². The largest absolute Gasteiger partial charge is 0.399 e. The molecule has 1 heterocycles. The van der Waals surface area contributed by atoms with E-state index in [1.54, 1.807) is 0 Å². The summed E-state index contributed by atoms with van der Waals surface area (Å²) in [6.45, 7) is 4.25. The minimum Gasteiger partial charge on any atom is -0.399 e. The van der Waals surface area contributed by atoms with Gasteiger partial charge in [-0.2, -0.15) is 0 Å². The SMILES string of the molecule is C/C=C\Cc1c(C)n(-c2ccc(N)cc2)c2ccccc12. The Morgan fingerprint density at radius 3 is 2.48 bits per heavy atom. The number of rotatable bonds is 3. The molecule has 2 N–H and O–H groups in total. The van der Waals surface area contributed by atoms with Gasteiger partial charge in [0.05, 0.1) is 5.52 Å². The van der Waals surface area contributed by atoms with E-state index in [9.17, 15) is 0 Å². The van der Waals surface area contributed by atoms with Crippen LogP contribution >= 0.6 is 0 Å². The predicted molar refractivity (Wildman–Crippen MR) is 90.9 cm³/mol. The molecule has 0 fully saturated rings. The zero-order valence-electron chi connectivity index (χ0n) is 12.5. The van der Waals surface area contributed by atoms with Crippen LogP contribution in [0.4, 0.5) is 5.69 Å². The second kappa shape index (κ2) is 5.49. The van der Waals surface area contributed by atoms with E-state index in [-0.39, 0.29) is 0 Å². The van der Waals surface area contributed by atoms with Crippen LogP contribution in [0.15, 0.2) is 60.7 Å². The number of benzene rings is 2. The second-order valence-electron chi connectivity index (χ2n) is 5.28. The number of fused-ring (bicyclic) bond motifs is 1. The van der Waals surface area contributed by atoms with Crippen molar-refractivity contribution in [3.8, 4) is 5.69 Å². The van der Waals surface area contributed by atoms with Crippen LogP contribution in [0, 0.1) is 6.92 Å². The van der Waals surface area contributed by atoms with Gasteiger partial charge in [0.15, 0.2) is 0 Å². The molecule has 2 aromatic carbocycles. The average Bonchev–Trinajstić information content (AvgIpc) is 2.78. The molecule has 0 amide bonds. The molecule has 2 nitrogen and oxygen atoms in total. The molecule has 2 heteroatoms. The van der Waals surface area contributed by atoms with Crippen molar-refractivity contribution < 1.29 is 0 Å². The Hall–Kier alpha value is -2.48. The van der Waals surface area contributed by atoms with E-state index in [4.69, 9.17) is 5.73 Å². The molecule has 0 spiro atoms. The zero-order valence-corrected chi connectivity index (χ0v) is 12.5. The first kappa shape index (κ1) is 13.5. The highest BCUT2D eigenvalue weighted by Gasteiger charge is 2.13. The van der Waals surface area contributed by atoms with Crippen LogP contribution in [0.5, 0.6) is 0 Å². The Morgan fingerprint density at radius 2 is 1.76 bits per heavy atom. The smallest absolute Gasteiger partial charge is 0.0534 e. The first-order valence-electron chi connectivity index (χ1n) is 7.28. The third kappa shape index (κ3) is 2.33. The van der Waals surface area contributed by atoms with Crippen molar-refractivity contribution in [3.63, 3.8) is 0 Å². The number of nitrogen functional groups attached to an aromatic ring is 1. The van der Waals surface area contributed by atoms with Crippen molar-refractivity contribution in [2.45, 2.75) is 20.3 Å². The highest BCUT2D eigenvalue weighted by atomic mass is 15.0. The molecule has 0 aliphatic carbocycles. The number of para-hydroxylation sites is 1. The number of hydrogen-bond acceptors (Lipinski definition) is 1. The number of anilines is 1. The van der Waals surface area contributed by atoms with Gasteiger partial charge in [-0.25, -0.2) is 0 Å². The van der Waals surface area contributed by atoms with Crippen molar-refractivity contribution in [3.05, 3.63) is 71.9 Å². The summed E-state index contributed by atoms with van der Waals surface area (Å²) < 4.78 is 2.31. The van der Waals surface area contributed by atoms with Gasteiger partial charge in [0.2, 0.25) is 0 Å². The van der Waals surface area contributed by atoms with Gasteiger partial charge >= 0.3 is 0 Å². The first-order chi connectivity index (χ1) is 10.2. The third-order valence-electron chi connectivity index (χ3n) is 3.95. The van der Waals surface area contributed by atoms with Gasteiger partial charge in [-0.1, -0.05) is 30.4 Å². The fraction of sp³-hybridized carbons (Fsp3) is 0.158. The molecule has 3 rings (SSSR count). The second-order valence-corrected chi connectivity index (χ2v) is 5.28. The van der Waals surface area contributed by atoms with Crippen LogP contribution in [0.1, 0.15) is 18.2 Å². The molecule has 0 radical (unpaired) electrons. The number of aromatic nitrogens is 1. The molecule has 0 aliphatic rings. The Kier molecular flexibility index (Phi) is 3.53. The van der Waals surface area contributed by atoms with Crippen molar-refractivity contribution in [1.82, 2.24) is 4.57 Å². The van der Waals surface area contributed by atoms with Gasteiger partial charge in [0.25, 0.3) is 0 Å². The molecule has 21 heavy (non-hydrogen) atoms. The molecular formula is C19H20N2. The zero-order chi connectivity index (χ0) is 14.8. The monoisotopic (exact) mass is 276 g/mol. The van der Waals surface area contributed by atoms with Gasteiger partial charge in [-0.15, -0.1) is 0 Å². The van der Waals surface area contributed by atoms with Crippen LogP contribution in [-0.2, 0) is 6.42 Å². The number of nitrogens with two attached hydrogens (primary N) is 1. The lowest BCUT2D eigenvalue weighted by atomic mass is 10.1. The molecule has 3 aromatic rings. The highest BCUT2D eigenvalue weighted by molar-refractivity contribution is 5.87. The van der Waals surface area contributed by atoms with Gasteiger partial charge in [0.1, 0.15) is 0 Å². The summed E-state index contributed by atoms with van der Waals surface area (Å²) in [7, 11) is 0. The summed E-state index contributed by atoms with van der Waals surface area (Å²) in [5.74, 6) is 0. The molecule has 0 saturated carbocycles.